The number of esters is 1. The van der Waals surface area contributed by atoms with Gasteiger partial charge in [-0.25, -0.2) is 4.79 Å². The Labute approximate surface area is 77.5 Å². The number of hydrogen-bond donors (Lipinski definition) is 0. The van der Waals surface area contributed by atoms with Crippen molar-refractivity contribution in [1.82, 2.24) is 0 Å². The van der Waals surface area contributed by atoms with Crippen molar-refractivity contribution in [2.45, 2.75) is 25.4 Å². The number of carbonyl (C=O) groups excluding carboxylic acids is 1. The standard InChI is InChI=1S/C9H14O4/c1-9(8(10)12-3)5-4-7(11-2)6-13-9/h6H,4-5H2,1-3H3. The van der Waals surface area contributed by atoms with Gasteiger partial charge in [0.2, 0.25) is 5.60 Å². The highest BCUT2D eigenvalue weighted by molar-refractivity contribution is 5.79. The number of ether oxygens (including phenoxy) is 3. The number of allylic oxidation sites excluding steroid dienone is 1. The highest BCUT2D eigenvalue weighted by Crippen LogP contribution is 2.27. The fraction of sp³-hybridized carbons (Fsp3) is 0.667. The molecule has 0 amide bonds. The van der Waals surface area contributed by atoms with E-state index in [1.807, 2.05) is 0 Å². The second-order valence-corrected chi connectivity index (χ2v) is 3.13. The molecule has 0 spiro atoms. The average molecular weight is 186 g/mol. The molecule has 13 heavy (non-hydrogen) atoms. The van der Waals surface area contributed by atoms with Crippen molar-refractivity contribution in [2.24, 2.45) is 0 Å². The van der Waals surface area contributed by atoms with E-state index in [9.17, 15) is 4.79 Å². The number of methoxy groups -OCH3 is 2. The van der Waals surface area contributed by atoms with Crippen LogP contribution in [0, 0.1) is 0 Å². The van der Waals surface area contributed by atoms with Gasteiger partial charge in [-0.1, -0.05) is 0 Å². The smallest absolute Gasteiger partial charge is 0.349 e. The summed E-state index contributed by atoms with van der Waals surface area (Å²) < 4.78 is 14.9. The third kappa shape index (κ3) is 1.94. The third-order valence-electron chi connectivity index (χ3n) is 2.18. The van der Waals surface area contributed by atoms with E-state index >= 15 is 0 Å². The maximum atomic E-state index is 11.3. The van der Waals surface area contributed by atoms with Crippen molar-refractivity contribution in [2.75, 3.05) is 14.2 Å². The summed E-state index contributed by atoms with van der Waals surface area (Å²) >= 11 is 0. The average Bonchev–Trinajstić information content (AvgIpc) is 2.18. The Bertz CT molecular complexity index is 234. The third-order valence-corrected chi connectivity index (χ3v) is 2.18. The zero-order valence-electron chi connectivity index (χ0n) is 8.12. The second-order valence-electron chi connectivity index (χ2n) is 3.13. The first-order chi connectivity index (χ1) is 6.12. The van der Waals surface area contributed by atoms with Crippen molar-refractivity contribution in [3.05, 3.63) is 12.0 Å². The Morgan fingerprint density at radius 3 is 2.69 bits per heavy atom. The van der Waals surface area contributed by atoms with E-state index in [0.717, 1.165) is 5.76 Å². The van der Waals surface area contributed by atoms with Crippen LogP contribution in [0.15, 0.2) is 12.0 Å². The predicted molar refractivity (Wildman–Crippen MR) is 45.8 cm³/mol. The Hall–Kier alpha value is -1.19. The zero-order valence-corrected chi connectivity index (χ0v) is 8.12. The summed E-state index contributed by atoms with van der Waals surface area (Å²) in [5.41, 5.74) is -0.850. The van der Waals surface area contributed by atoms with Crippen LogP contribution in [0.5, 0.6) is 0 Å². The van der Waals surface area contributed by atoms with E-state index in [2.05, 4.69) is 4.74 Å². The molecule has 0 saturated heterocycles. The van der Waals surface area contributed by atoms with Crippen molar-refractivity contribution in [3.8, 4) is 0 Å². The van der Waals surface area contributed by atoms with E-state index < -0.39 is 5.60 Å². The van der Waals surface area contributed by atoms with Gasteiger partial charge in [0.1, 0.15) is 12.0 Å². The lowest BCUT2D eigenvalue weighted by Gasteiger charge is -2.29. The summed E-state index contributed by atoms with van der Waals surface area (Å²) in [4.78, 5) is 11.3. The molecule has 0 aliphatic carbocycles. The molecule has 1 atom stereocenters. The molecule has 0 aromatic heterocycles. The maximum Gasteiger partial charge on any atom is 0.349 e. The first kappa shape index (κ1) is 9.89. The molecule has 1 aliphatic heterocycles. The van der Waals surface area contributed by atoms with Crippen molar-refractivity contribution < 1.29 is 19.0 Å². The Kier molecular flexibility index (Phi) is 2.80. The molecule has 0 aromatic rings. The van der Waals surface area contributed by atoms with Crippen LogP contribution in [0.4, 0.5) is 0 Å². The van der Waals surface area contributed by atoms with Gasteiger partial charge < -0.3 is 14.2 Å². The van der Waals surface area contributed by atoms with E-state index in [4.69, 9.17) is 9.47 Å². The van der Waals surface area contributed by atoms with Crippen LogP contribution in [0.3, 0.4) is 0 Å². The number of rotatable bonds is 2. The van der Waals surface area contributed by atoms with Gasteiger partial charge in [0.15, 0.2) is 0 Å². The summed E-state index contributed by atoms with van der Waals surface area (Å²) in [6, 6.07) is 0. The molecule has 74 valence electrons. The molecule has 0 aromatic carbocycles. The van der Waals surface area contributed by atoms with E-state index in [1.54, 1.807) is 14.0 Å². The van der Waals surface area contributed by atoms with Crippen LogP contribution in [-0.2, 0) is 19.0 Å². The Balaban J connectivity index is 2.66. The maximum absolute atomic E-state index is 11.3. The van der Waals surface area contributed by atoms with Crippen molar-refractivity contribution >= 4 is 5.97 Å². The largest absolute Gasteiger partial charge is 0.498 e. The van der Waals surface area contributed by atoms with Gasteiger partial charge in [-0.15, -0.1) is 0 Å². The first-order valence-corrected chi connectivity index (χ1v) is 4.11. The van der Waals surface area contributed by atoms with Crippen LogP contribution in [-0.4, -0.2) is 25.8 Å². The summed E-state index contributed by atoms with van der Waals surface area (Å²) in [6.45, 7) is 1.71. The monoisotopic (exact) mass is 186 g/mol. The highest BCUT2D eigenvalue weighted by Gasteiger charge is 2.38. The summed E-state index contributed by atoms with van der Waals surface area (Å²) in [6.07, 6.45) is 2.75. The van der Waals surface area contributed by atoms with Crippen LogP contribution < -0.4 is 0 Å². The Morgan fingerprint density at radius 1 is 1.62 bits per heavy atom. The van der Waals surface area contributed by atoms with Gasteiger partial charge in [0.25, 0.3) is 0 Å². The molecule has 1 heterocycles. The van der Waals surface area contributed by atoms with Crippen LogP contribution in [0.1, 0.15) is 19.8 Å². The highest BCUT2D eigenvalue weighted by atomic mass is 16.6. The van der Waals surface area contributed by atoms with Gasteiger partial charge in [-0.3, -0.25) is 0 Å². The first-order valence-electron chi connectivity index (χ1n) is 4.11. The van der Waals surface area contributed by atoms with Crippen LogP contribution in [0.2, 0.25) is 0 Å². The molecule has 1 rings (SSSR count). The molecule has 0 saturated carbocycles. The predicted octanol–water partition coefficient (Wildman–Crippen LogP) is 1.22. The topological polar surface area (TPSA) is 44.8 Å². The minimum Gasteiger partial charge on any atom is -0.498 e. The van der Waals surface area contributed by atoms with E-state index in [0.29, 0.717) is 12.8 Å². The fourth-order valence-electron chi connectivity index (χ4n) is 1.19. The summed E-state index contributed by atoms with van der Waals surface area (Å²) in [7, 11) is 2.93. The van der Waals surface area contributed by atoms with Gasteiger partial charge >= 0.3 is 5.97 Å². The van der Waals surface area contributed by atoms with Gasteiger partial charge in [0, 0.05) is 12.8 Å². The van der Waals surface area contributed by atoms with Crippen LogP contribution >= 0.6 is 0 Å². The minimum atomic E-state index is -0.850. The quantitative estimate of drug-likeness (QED) is 0.608. The summed E-state index contributed by atoms with van der Waals surface area (Å²) in [5, 5.41) is 0. The lowest BCUT2D eigenvalue weighted by atomic mass is 9.98. The van der Waals surface area contributed by atoms with Gasteiger partial charge in [-0.2, -0.15) is 0 Å². The number of carbonyl (C=O) groups is 1. The summed E-state index contributed by atoms with van der Waals surface area (Å²) in [5.74, 6) is 0.403. The molecular weight excluding hydrogens is 172 g/mol. The molecule has 4 heteroatoms. The van der Waals surface area contributed by atoms with Gasteiger partial charge in [-0.05, 0) is 6.92 Å². The SMILES string of the molecule is COC(=O)C1(C)CCC(OC)=CO1. The molecule has 0 radical (unpaired) electrons. The number of hydrogen-bond acceptors (Lipinski definition) is 4. The normalized spacial score (nSPS) is 27.2. The lowest BCUT2D eigenvalue weighted by Crippen LogP contribution is -2.40. The Morgan fingerprint density at radius 2 is 2.31 bits per heavy atom. The van der Waals surface area contributed by atoms with Gasteiger partial charge in [0.05, 0.1) is 14.2 Å². The molecule has 0 fully saturated rings. The van der Waals surface area contributed by atoms with Crippen molar-refractivity contribution in [1.29, 1.82) is 0 Å². The zero-order chi connectivity index (χ0) is 9.90. The van der Waals surface area contributed by atoms with Crippen molar-refractivity contribution in [3.63, 3.8) is 0 Å². The molecular formula is C9H14O4. The fourth-order valence-corrected chi connectivity index (χ4v) is 1.19. The van der Waals surface area contributed by atoms with E-state index in [1.165, 1.54) is 13.4 Å². The lowest BCUT2D eigenvalue weighted by molar-refractivity contribution is -0.163. The molecule has 1 aliphatic rings. The molecule has 0 N–H and O–H groups in total. The second kappa shape index (κ2) is 3.68. The minimum absolute atomic E-state index is 0.348. The molecule has 1 unspecified atom stereocenters. The molecule has 0 bridgehead atoms. The molecule has 4 nitrogen and oxygen atoms in total. The van der Waals surface area contributed by atoms with Crippen LogP contribution in [0.25, 0.3) is 0 Å². The van der Waals surface area contributed by atoms with E-state index in [-0.39, 0.29) is 5.97 Å².